The SMILES string of the molecule is CC(C)NCC(CO)Oc1ccc(COCCOC(C)C)cc1.O=C(O)/C=C/C(=O)O. The zero-order valence-electron chi connectivity index (χ0n) is 18.6. The van der Waals surface area contributed by atoms with Gasteiger partial charge in [-0.1, -0.05) is 26.0 Å². The van der Waals surface area contributed by atoms with Crippen LogP contribution in [0.3, 0.4) is 0 Å². The quantitative estimate of drug-likeness (QED) is 0.253. The van der Waals surface area contributed by atoms with Crippen molar-refractivity contribution in [2.45, 2.75) is 52.6 Å². The molecule has 0 saturated heterocycles. The number of benzene rings is 1. The van der Waals surface area contributed by atoms with Gasteiger partial charge < -0.3 is 34.8 Å². The van der Waals surface area contributed by atoms with Crippen LogP contribution in [0.4, 0.5) is 0 Å². The topological polar surface area (TPSA) is 135 Å². The molecular weight excluding hydrogens is 406 g/mol. The van der Waals surface area contributed by atoms with Gasteiger partial charge in [0.25, 0.3) is 0 Å². The Morgan fingerprint density at radius 1 is 1.00 bits per heavy atom. The summed E-state index contributed by atoms with van der Waals surface area (Å²) < 4.78 is 16.7. The molecule has 0 heterocycles. The predicted octanol–water partition coefficient (Wildman–Crippen LogP) is 2.08. The third kappa shape index (κ3) is 18.1. The summed E-state index contributed by atoms with van der Waals surface area (Å²) in [6.07, 6.45) is 1.11. The first-order valence-electron chi connectivity index (χ1n) is 10.1. The van der Waals surface area contributed by atoms with Crippen molar-refractivity contribution >= 4 is 11.9 Å². The van der Waals surface area contributed by atoms with Crippen LogP contribution in [-0.4, -0.2) is 71.9 Å². The van der Waals surface area contributed by atoms with Gasteiger partial charge in [-0.25, -0.2) is 9.59 Å². The fraction of sp³-hybridized carbons (Fsp3) is 0.545. The minimum atomic E-state index is -1.26. The van der Waals surface area contributed by atoms with Gasteiger partial charge in [0.15, 0.2) is 0 Å². The van der Waals surface area contributed by atoms with Crippen LogP contribution in [0.1, 0.15) is 33.3 Å². The molecule has 0 spiro atoms. The molecule has 0 amide bonds. The number of aliphatic carboxylic acids is 2. The van der Waals surface area contributed by atoms with Gasteiger partial charge in [0.05, 0.1) is 32.5 Å². The number of rotatable bonds is 14. The van der Waals surface area contributed by atoms with Crippen LogP contribution >= 0.6 is 0 Å². The van der Waals surface area contributed by atoms with E-state index in [9.17, 15) is 14.7 Å². The highest BCUT2D eigenvalue weighted by Crippen LogP contribution is 2.14. The number of carboxylic acids is 2. The summed E-state index contributed by atoms with van der Waals surface area (Å²) in [6.45, 7) is 10.5. The maximum absolute atomic E-state index is 9.55. The molecule has 0 aromatic heterocycles. The van der Waals surface area contributed by atoms with Crippen LogP contribution in [-0.2, 0) is 25.7 Å². The Labute approximate surface area is 183 Å². The summed E-state index contributed by atoms with van der Waals surface area (Å²) in [5.74, 6) is -1.76. The van der Waals surface area contributed by atoms with Gasteiger partial charge in [-0.2, -0.15) is 0 Å². The normalized spacial score (nSPS) is 12.0. The standard InChI is InChI=1S/C18H31NO4.C4H4O4/c1-14(2)19-11-18(12-20)23-17-7-5-16(6-8-17)13-21-9-10-22-15(3)4;5-3(6)1-2-4(7)8/h5-8,14-15,18-20H,9-13H2,1-4H3;1-2H,(H,5,6)(H,7,8)/b;2-1+. The average molecular weight is 442 g/mol. The van der Waals surface area contributed by atoms with E-state index in [1.807, 2.05) is 38.1 Å². The molecule has 0 aliphatic rings. The van der Waals surface area contributed by atoms with Gasteiger partial charge in [0, 0.05) is 24.7 Å². The minimum absolute atomic E-state index is 0.0135. The van der Waals surface area contributed by atoms with E-state index in [-0.39, 0.29) is 18.8 Å². The van der Waals surface area contributed by atoms with Crippen molar-refractivity contribution in [3.63, 3.8) is 0 Å². The molecule has 9 nitrogen and oxygen atoms in total. The monoisotopic (exact) mass is 441 g/mol. The number of carboxylic acid groups (broad SMARTS) is 2. The first-order valence-corrected chi connectivity index (χ1v) is 10.1. The lowest BCUT2D eigenvalue weighted by molar-refractivity contribution is -0.134. The van der Waals surface area contributed by atoms with Crippen LogP contribution < -0.4 is 10.1 Å². The summed E-state index contributed by atoms with van der Waals surface area (Å²) in [7, 11) is 0. The Bertz CT molecular complexity index is 627. The third-order valence-corrected chi connectivity index (χ3v) is 3.50. The molecule has 31 heavy (non-hydrogen) atoms. The van der Waals surface area contributed by atoms with Crippen LogP contribution in [0.5, 0.6) is 5.75 Å². The summed E-state index contributed by atoms with van der Waals surface area (Å²) in [4.78, 5) is 19.1. The second-order valence-corrected chi connectivity index (χ2v) is 7.11. The molecule has 1 aromatic carbocycles. The second kappa shape index (κ2) is 17.2. The first-order chi connectivity index (χ1) is 14.6. The van der Waals surface area contributed by atoms with E-state index in [4.69, 9.17) is 24.4 Å². The molecule has 0 radical (unpaired) electrons. The van der Waals surface area contributed by atoms with E-state index < -0.39 is 11.9 Å². The fourth-order valence-corrected chi connectivity index (χ4v) is 2.04. The molecule has 0 aliphatic heterocycles. The number of nitrogens with one attached hydrogen (secondary N) is 1. The third-order valence-electron chi connectivity index (χ3n) is 3.50. The van der Waals surface area contributed by atoms with E-state index in [0.717, 1.165) is 11.3 Å². The number of aliphatic hydroxyl groups is 1. The van der Waals surface area contributed by atoms with Gasteiger partial charge in [0.2, 0.25) is 0 Å². The molecule has 1 aromatic rings. The Balaban J connectivity index is 0.000000954. The largest absolute Gasteiger partial charge is 0.487 e. The smallest absolute Gasteiger partial charge is 0.328 e. The highest BCUT2D eigenvalue weighted by molar-refractivity contribution is 5.89. The highest BCUT2D eigenvalue weighted by atomic mass is 16.5. The number of carbonyl (C=O) groups is 2. The van der Waals surface area contributed by atoms with Crippen LogP contribution in [0, 0.1) is 0 Å². The van der Waals surface area contributed by atoms with E-state index in [0.29, 0.717) is 44.6 Å². The van der Waals surface area contributed by atoms with Crippen LogP contribution in [0.15, 0.2) is 36.4 Å². The lowest BCUT2D eigenvalue weighted by Gasteiger charge is -2.19. The van der Waals surface area contributed by atoms with Crippen molar-refractivity contribution < 1.29 is 39.1 Å². The van der Waals surface area contributed by atoms with E-state index in [1.165, 1.54) is 0 Å². The molecule has 0 fully saturated rings. The minimum Gasteiger partial charge on any atom is -0.487 e. The molecule has 0 saturated carbocycles. The Morgan fingerprint density at radius 3 is 2.03 bits per heavy atom. The van der Waals surface area contributed by atoms with Crippen molar-refractivity contribution in [3.8, 4) is 5.75 Å². The highest BCUT2D eigenvalue weighted by Gasteiger charge is 2.09. The molecule has 1 atom stereocenters. The number of aliphatic hydroxyl groups excluding tert-OH is 1. The van der Waals surface area contributed by atoms with Gasteiger partial charge >= 0.3 is 11.9 Å². The first kappa shape index (κ1) is 28.5. The fourth-order valence-electron chi connectivity index (χ4n) is 2.04. The Kier molecular flexibility index (Phi) is 15.9. The molecule has 0 bridgehead atoms. The summed E-state index contributed by atoms with van der Waals surface area (Å²) in [6, 6.07) is 8.13. The van der Waals surface area contributed by atoms with E-state index in [1.54, 1.807) is 0 Å². The lowest BCUT2D eigenvalue weighted by atomic mass is 10.2. The molecule has 0 aliphatic carbocycles. The van der Waals surface area contributed by atoms with Crippen molar-refractivity contribution in [1.29, 1.82) is 0 Å². The van der Waals surface area contributed by atoms with Crippen LogP contribution in [0.2, 0.25) is 0 Å². The summed E-state index contributed by atoms with van der Waals surface area (Å²) >= 11 is 0. The molecule has 9 heteroatoms. The van der Waals surface area contributed by atoms with Gasteiger partial charge in [-0.15, -0.1) is 0 Å². The zero-order valence-corrected chi connectivity index (χ0v) is 18.6. The molecular formula is C22H35NO8. The van der Waals surface area contributed by atoms with E-state index >= 15 is 0 Å². The van der Waals surface area contributed by atoms with Crippen LogP contribution in [0.25, 0.3) is 0 Å². The molecule has 4 N–H and O–H groups in total. The van der Waals surface area contributed by atoms with Crippen molar-refractivity contribution in [3.05, 3.63) is 42.0 Å². The van der Waals surface area contributed by atoms with Crippen molar-refractivity contribution in [2.75, 3.05) is 26.4 Å². The number of ether oxygens (including phenoxy) is 3. The predicted molar refractivity (Wildman–Crippen MR) is 116 cm³/mol. The lowest BCUT2D eigenvalue weighted by Crippen LogP contribution is -2.37. The van der Waals surface area contributed by atoms with E-state index in [2.05, 4.69) is 19.2 Å². The van der Waals surface area contributed by atoms with Crippen molar-refractivity contribution in [1.82, 2.24) is 5.32 Å². The molecule has 1 rings (SSSR count). The molecule has 1 unspecified atom stereocenters. The Morgan fingerprint density at radius 2 is 1.58 bits per heavy atom. The second-order valence-electron chi connectivity index (χ2n) is 7.11. The Hall–Kier alpha value is -2.46. The van der Waals surface area contributed by atoms with Crippen molar-refractivity contribution in [2.24, 2.45) is 0 Å². The maximum atomic E-state index is 9.55. The molecule has 176 valence electrons. The van der Waals surface area contributed by atoms with Gasteiger partial charge in [0.1, 0.15) is 11.9 Å². The summed E-state index contributed by atoms with van der Waals surface area (Å²) in [5.41, 5.74) is 1.09. The van der Waals surface area contributed by atoms with Gasteiger partial charge in [-0.3, -0.25) is 0 Å². The number of hydrogen-bond donors (Lipinski definition) is 4. The summed E-state index contributed by atoms with van der Waals surface area (Å²) in [5, 5.41) is 28.2. The zero-order chi connectivity index (χ0) is 23.6. The average Bonchev–Trinajstić information content (AvgIpc) is 2.70. The number of hydrogen-bond acceptors (Lipinski definition) is 7. The van der Waals surface area contributed by atoms with Gasteiger partial charge in [-0.05, 0) is 31.5 Å². The maximum Gasteiger partial charge on any atom is 0.328 e.